The van der Waals surface area contributed by atoms with Crippen LogP contribution in [0.15, 0.2) is 38.7 Å². The van der Waals surface area contributed by atoms with Gasteiger partial charge in [-0.15, -0.1) is 0 Å². The summed E-state index contributed by atoms with van der Waals surface area (Å²) in [5.41, 5.74) is -0.599. The molecule has 3 rings (SSSR count). The molecular formula is C17H21N5O5. The van der Waals surface area contributed by atoms with Gasteiger partial charge in [0, 0.05) is 27.7 Å². The molecule has 0 aliphatic rings. The molecule has 3 heterocycles. The zero-order valence-corrected chi connectivity index (χ0v) is 15.4. The van der Waals surface area contributed by atoms with Crippen LogP contribution in [-0.4, -0.2) is 49.8 Å². The van der Waals surface area contributed by atoms with Gasteiger partial charge in [-0.2, -0.15) is 0 Å². The highest BCUT2D eigenvalue weighted by Gasteiger charge is 2.21. The standard InChI is InChI=1S/C17H21N5O5/c1-19-11-18-15-14(19)16(24)22(17(25)20(15)2)10-13(23)21(6-8-26-3)9-12-5-4-7-27-12/h4-5,7,11H,6,8-10H2,1-3H3. The van der Waals surface area contributed by atoms with Crippen LogP contribution in [0.3, 0.4) is 0 Å². The fraction of sp³-hybridized carbons (Fsp3) is 0.412. The van der Waals surface area contributed by atoms with Crippen molar-refractivity contribution in [2.75, 3.05) is 20.3 Å². The van der Waals surface area contributed by atoms with Gasteiger partial charge in [-0.3, -0.25) is 14.2 Å². The van der Waals surface area contributed by atoms with Gasteiger partial charge in [-0.25, -0.2) is 14.3 Å². The first kappa shape index (κ1) is 18.6. The average molecular weight is 375 g/mol. The van der Waals surface area contributed by atoms with Crippen molar-refractivity contribution in [3.05, 3.63) is 51.3 Å². The molecule has 3 aromatic heterocycles. The molecule has 0 aliphatic carbocycles. The number of aryl methyl sites for hydroxylation is 2. The third kappa shape index (κ3) is 3.56. The van der Waals surface area contributed by atoms with Crippen molar-refractivity contribution in [1.29, 1.82) is 0 Å². The first-order valence-corrected chi connectivity index (χ1v) is 8.34. The fourth-order valence-electron chi connectivity index (χ4n) is 2.85. The molecule has 0 aromatic carbocycles. The Bertz CT molecular complexity index is 1060. The summed E-state index contributed by atoms with van der Waals surface area (Å²) in [6, 6.07) is 3.48. The van der Waals surface area contributed by atoms with E-state index in [1.54, 1.807) is 19.2 Å². The molecule has 0 N–H and O–H groups in total. The maximum atomic E-state index is 12.8. The van der Waals surface area contributed by atoms with E-state index >= 15 is 0 Å². The Morgan fingerprint density at radius 3 is 2.78 bits per heavy atom. The van der Waals surface area contributed by atoms with Gasteiger partial charge in [-0.1, -0.05) is 0 Å². The largest absolute Gasteiger partial charge is 0.467 e. The second-order valence-electron chi connectivity index (χ2n) is 6.15. The molecule has 27 heavy (non-hydrogen) atoms. The number of nitrogens with zero attached hydrogens (tertiary/aromatic N) is 5. The molecule has 0 saturated heterocycles. The predicted octanol–water partition coefficient (Wildman–Crippen LogP) is -0.298. The number of hydrogen-bond donors (Lipinski definition) is 0. The van der Waals surface area contributed by atoms with Crippen LogP contribution in [-0.2, 0) is 36.7 Å². The van der Waals surface area contributed by atoms with Crippen molar-refractivity contribution in [2.24, 2.45) is 14.1 Å². The summed E-state index contributed by atoms with van der Waals surface area (Å²) in [4.78, 5) is 43.7. The van der Waals surface area contributed by atoms with Crippen molar-refractivity contribution >= 4 is 17.1 Å². The number of carbonyl (C=O) groups excluding carboxylic acids is 1. The Morgan fingerprint density at radius 1 is 1.33 bits per heavy atom. The minimum Gasteiger partial charge on any atom is -0.467 e. The number of imidazole rings is 1. The number of furan rings is 1. The normalized spacial score (nSPS) is 11.2. The Labute approximate surface area is 154 Å². The molecule has 0 fully saturated rings. The van der Waals surface area contributed by atoms with Gasteiger partial charge in [0.15, 0.2) is 11.2 Å². The molecule has 0 saturated carbocycles. The Morgan fingerprint density at radius 2 is 2.11 bits per heavy atom. The molecule has 3 aromatic rings. The number of rotatable bonds is 7. The van der Waals surface area contributed by atoms with Crippen LogP contribution in [0.5, 0.6) is 0 Å². The summed E-state index contributed by atoms with van der Waals surface area (Å²) >= 11 is 0. The number of fused-ring (bicyclic) bond motifs is 1. The molecule has 0 atom stereocenters. The molecule has 0 unspecified atom stereocenters. The van der Waals surface area contributed by atoms with E-state index < -0.39 is 11.2 Å². The van der Waals surface area contributed by atoms with Gasteiger partial charge >= 0.3 is 5.69 Å². The van der Waals surface area contributed by atoms with E-state index in [0.717, 1.165) is 4.57 Å². The molecule has 0 aliphatic heterocycles. The molecule has 10 nitrogen and oxygen atoms in total. The van der Waals surface area contributed by atoms with Gasteiger partial charge in [0.05, 0.1) is 25.7 Å². The van der Waals surface area contributed by atoms with Gasteiger partial charge in [0.25, 0.3) is 5.56 Å². The van der Waals surface area contributed by atoms with Crippen molar-refractivity contribution in [3.63, 3.8) is 0 Å². The van der Waals surface area contributed by atoms with E-state index in [2.05, 4.69) is 4.98 Å². The summed E-state index contributed by atoms with van der Waals surface area (Å²) in [7, 11) is 4.71. The van der Waals surface area contributed by atoms with Crippen LogP contribution in [0, 0.1) is 0 Å². The van der Waals surface area contributed by atoms with E-state index in [4.69, 9.17) is 9.15 Å². The van der Waals surface area contributed by atoms with E-state index in [1.807, 2.05) is 0 Å². The van der Waals surface area contributed by atoms with Crippen molar-refractivity contribution in [3.8, 4) is 0 Å². The molecule has 0 bridgehead atoms. The van der Waals surface area contributed by atoms with Crippen LogP contribution in [0.2, 0.25) is 0 Å². The number of methoxy groups -OCH3 is 1. The topological polar surface area (TPSA) is 104 Å². The number of amides is 1. The number of ether oxygens (including phenoxy) is 1. The second kappa shape index (κ2) is 7.62. The molecule has 10 heteroatoms. The Hall–Kier alpha value is -3.14. The van der Waals surface area contributed by atoms with Crippen molar-refractivity contribution < 1.29 is 13.9 Å². The van der Waals surface area contributed by atoms with Gasteiger partial charge < -0.3 is 18.6 Å². The Kier molecular flexibility index (Phi) is 5.26. The molecule has 144 valence electrons. The molecular weight excluding hydrogens is 354 g/mol. The predicted molar refractivity (Wildman–Crippen MR) is 96.2 cm³/mol. The minimum atomic E-state index is -0.593. The molecule has 0 radical (unpaired) electrons. The maximum Gasteiger partial charge on any atom is 0.332 e. The maximum absolute atomic E-state index is 12.8. The quantitative estimate of drug-likeness (QED) is 0.562. The summed E-state index contributed by atoms with van der Waals surface area (Å²) in [6.07, 6.45) is 2.98. The van der Waals surface area contributed by atoms with Gasteiger partial charge in [0.2, 0.25) is 5.91 Å². The van der Waals surface area contributed by atoms with Crippen molar-refractivity contribution in [1.82, 2.24) is 23.6 Å². The van der Waals surface area contributed by atoms with Crippen LogP contribution < -0.4 is 11.2 Å². The number of aromatic nitrogens is 4. The smallest absolute Gasteiger partial charge is 0.332 e. The minimum absolute atomic E-state index is 0.220. The van der Waals surface area contributed by atoms with E-state index in [9.17, 15) is 14.4 Å². The first-order chi connectivity index (χ1) is 12.9. The third-order valence-corrected chi connectivity index (χ3v) is 4.34. The van der Waals surface area contributed by atoms with E-state index in [0.29, 0.717) is 18.9 Å². The highest BCUT2D eigenvalue weighted by atomic mass is 16.5. The lowest BCUT2D eigenvalue weighted by Crippen LogP contribution is -2.45. The molecule has 1 amide bonds. The lowest BCUT2D eigenvalue weighted by molar-refractivity contribution is -0.133. The fourth-order valence-corrected chi connectivity index (χ4v) is 2.85. The second-order valence-corrected chi connectivity index (χ2v) is 6.15. The highest BCUT2D eigenvalue weighted by Crippen LogP contribution is 2.07. The zero-order valence-electron chi connectivity index (χ0n) is 15.4. The first-order valence-electron chi connectivity index (χ1n) is 8.34. The average Bonchev–Trinajstić information content (AvgIpc) is 3.29. The highest BCUT2D eigenvalue weighted by molar-refractivity contribution is 5.76. The Balaban J connectivity index is 1.94. The van der Waals surface area contributed by atoms with Crippen LogP contribution in [0.25, 0.3) is 11.2 Å². The SMILES string of the molecule is COCCN(Cc1ccco1)C(=O)Cn1c(=O)c2c(ncn2C)n(C)c1=O. The summed E-state index contributed by atoms with van der Waals surface area (Å²) in [5.74, 6) is 0.214. The van der Waals surface area contributed by atoms with Gasteiger partial charge in [-0.05, 0) is 12.1 Å². The summed E-state index contributed by atoms with van der Waals surface area (Å²) in [5, 5.41) is 0. The van der Waals surface area contributed by atoms with Gasteiger partial charge in [0.1, 0.15) is 12.3 Å². The van der Waals surface area contributed by atoms with Crippen LogP contribution >= 0.6 is 0 Å². The summed E-state index contributed by atoms with van der Waals surface area (Å²) < 4.78 is 14.1. The molecule has 0 spiro atoms. The lowest BCUT2D eigenvalue weighted by atomic mass is 10.3. The summed E-state index contributed by atoms with van der Waals surface area (Å²) in [6.45, 7) is 0.467. The van der Waals surface area contributed by atoms with Crippen LogP contribution in [0.4, 0.5) is 0 Å². The third-order valence-electron chi connectivity index (χ3n) is 4.34. The zero-order chi connectivity index (χ0) is 19.6. The van der Waals surface area contributed by atoms with Crippen molar-refractivity contribution in [2.45, 2.75) is 13.1 Å². The van der Waals surface area contributed by atoms with E-state index in [1.165, 1.54) is 40.8 Å². The monoisotopic (exact) mass is 375 g/mol. The lowest BCUT2D eigenvalue weighted by Gasteiger charge is -2.21. The van der Waals surface area contributed by atoms with E-state index in [-0.39, 0.29) is 30.2 Å². The number of hydrogen-bond acceptors (Lipinski definition) is 6. The number of carbonyl (C=O) groups is 1. The van der Waals surface area contributed by atoms with Crippen LogP contribution in [0.1, 0.15) is 5.76 Å².